The second-order valence-electron chi connectivity index (χ2n) is 7.01. The average Bonchev–Trinajstić information content (AvgIpc) is 3.14. The van der Waals surface area contributed by atoms with Gasteiger partial charge in [-0.25, -0.2) is 4.98 Å². The summed E-state index contributed by atoms with van der Waals surface area (Å²) in [5.41, 5.74) is 2.86. The first kappa shape index (κ1) is 18.4. The van der Waals surface area contributed by atoms with Crippen molar-refractivity contribution < 1.29 is 4.79 Å². The lowest BCUT2D eigenvalue weighted by Crippen LogP contribution is -2.36. The number of hydrogen-bond donors (Lipinski definition) is 1. The number of imidazole rings is 1. The molecular formula is C21H22BrN3O. The van der Waals surface area contributed by atoms with Gasteiger partial charge in [0.05, 0.1) is 6.33 Å². The van der Waals surface area contributed by atoms with Crippen LogP contribution in [0.4, 0.5) is 0 Å². The van der Waals surface area contributed by atoms with Gasteiger partial charge in [-0.3, -0.25) is 4.79 Å². The minimum atomic E-state index is -0.141. The highest BCUT2D eigenvalue weighted by Gasteiger charge is 2.21. The lowest BCUT2D eigenvalue weighted by molar-refractivity contribution is 0.0945. The van der Waals surface area contributed by atoms with Crippen LogP contribution in [0.2, 0.25) is 0 Å². The molecule has 1 amide bonds. The summed E-state index contributed by atoms with van der Waals surface area (Å²) in [5, 5.41) is 3.05. The Balaban J connectivity index is 1.59. The lowest BCUT2D eigenvalue weighted by Gasteiger charge is -2.25. The Morgan fingerprint density at radius 3 is 2.42 bits per heavy atom. The van der Waals surface area contributed by atoms with E-state index in [4.69, 9.17) is 0 Å². The summed E-state index contributed by atoms with van der Waals surface area (Å²) < 4.78 is 3.05. The van der Waals surface area contributed by atoms with Crippen molar-refractivity contribution in [2.24, 2.45) is 0 Å². The number of nitrogens with zero attached hydrogens (tertiary/aromatic N) is 2. The van der Waals surface area contributed by atoms with Crippen LogP contribution >= 0.6 is 15.9 Å². The molecule has 3 rings (SSSR count). The maximum atomic E-state index is 12.5. The van der Waals surface area contributed by atoms with Crippen LogP contribution in [0.3, 0.4) is 0 Å². The number of nitrogens with one attached hydrogen (secondary N) is 1. The highest BCUT2D eigenvalue weighted by Crippen LogP contribution is 2.24. The molecule has 3 aromatic rings. The summed E-state index contributed by atoms with van der Waals surface area (Å²) in [4.78, 5) is 16.5. The lowest BCUT2D eigenvalue weighted by atomic mass is 9.84. The summed E-state index contributed by atoms with van der Waals surface area (Å²) in [6.45, 7) is 5.58. The van der Waals surface area contributed by atoms with E-state index in [2.05, 4.69) is 52.2 Å². The molecule has 0 radical (unpaired) electrons. The van der Waals surface area contributed by atoms with Gasteiger partial charge < -0.3 is 9.88 Å². The molecule has 0 fully saturated rings. The van der Waals surface area contributed by atoms with E-state index in [-0.39, 0.29) is 11.3 Å². The minimum absolute atomic E-state index is 0.0515. The summed E-state index contributed by atoms with van der Waals surface area (Å²) in [7, 11) is 0. The van der Waals surface area contributed by atoms with E-state index in [1.54, 1.807) is 12.5 Å². The van der Waals surface area contributed by atoms with Crippen LogP contribution in [-0.4, -0.2) is 22.0 Å². The zero-order valence-corrected chi connectivity index (χ0v) is 16.5. The second-order valence-corrected chi connectivity index (χ2v) is 7.92. The molecule has 0 aliphatic heterocycles. The van der Waals surface area contributed by atoms with Crippen LogP contribution in [0, 0.1) is 0 Å². The predicted molar refractivity (Wildman–Crippen MR) is 107 cm³/mol. The van der Waals surface area contributed by atoms with Gasteiger partial charge in [-0.05, 0) is 35.4 Å². The molecule has 0 aliphatic carbocycles. The van der Waals surface area contributed by atoms with Crippen molar-refractivity contribution in [2.75, 3.05) is 6.54 Å². The molecule has 0 aliphatic rings. The van der Waals surface area contributed by atoms with Crippen LogP contribution in [0.1, 0.15) is 35.3 Å². The van der Waals surface area contributed by atoms with Crippen LogP contribution in [0.15, 0.2) is 71.7 Å². The van der Waals surface area contributed by atoms with Crippen LogP contribution in [-0.2, 0) is 12.0 Å². The Morgan fingerprint density at radius 1 is 1.12 bits per heavy atom. The average molecular weight is 412 g/mol. The van der Waals surface area contributed by atoms with Crippen LogP contribution in [0.25, 0.3) is 0 Å². The Labute approximate surface area is 162 Å². The zero-order valence-electron chi connectivity index (χ0n) is 14.9. The molecule has 0 saturated carbocycles. The first-order valence-corrected chi connectivity index (χ1v) is 9.32. The fraction of sp³-hybridized carbons (Fsp3) is 0.238. The number of aromatic nitrogens is 2. The van der Waals surface area contributed by atoms with Crippen molar-refractivity contribution >= 4 is 21.8 Å². The molecule has 0 atom stereocenters. The van der Waals surface area contributed by atoms with Gasteiger partial charge in [0, 0.05) is 40.9 Å². The van der Waals surface area contributed by atoms with Crippen molar-refractivity contribution in [2.45, 2.75) is 25.8 Å². The Hall–Kier alpha value is -2.40. The maximum absolute atomic E-state index is 12.5. The molecule has 0 spiro atoms. The van der Waals surface area contributed by atoms with Gasteiger partial charge in [0.25, 0.3) is 5.91 Å². The highest BCUT2D eigenvalue weighted by atomic mass is 79.9. The molecule has 1 aromatic heterocycles. The number of rotatable bonds is 6. The summed E-state index contributed by atoms with van der Waals surface area (Å²) in [6.07, 6.45) is 5.46. The molecule has 1 heterocycles. The van der Waals surface area contributed by atoms with Gasteiger partial charge in [0.1, 0.15) is 0 Å². The maximum Gasteiger partial charge on any atom is 0.251 e. The van der Waals surface area contributed by atoms with Crippen LogP contribution < -0.4 is 5.32 Å². The monoisotopic (exact) mass is 411 g/mol. The number of carbonyl (C=O) groups is 1. The third kappa shape index (κ3) is 4.61. The van der Waals surface area contributed by atoms with Gasteiger partial charge in [0.2, 0.25) is 0 Å². The van der Waals surface area contributed by atoms with Gasteiger partial charge in [-0.2, -0.15) is 0 Å². The standard InChI is InChI=1S/C21H22BrN3O/c1-21(2,18-7-9-19(22)10-8-18)14-24-20(26)17-5-3-16(4-6-17)13-25-12-11-23-15-25/h3-12,15H,13-14H2,1-2H3,(H,24,26). The fourth-order valence-corrected chi connectivity index (χ4v) is 3.02. The van der Waals surface area contributed by atoms with Crippen molar-refractivity contribution in [3.63, 3.8) is 0 Å². The molecule has 134 valence electrons. The van der Waals surface area contributed by atoms with E-state index in [9.17, 15) is 4.79 Å². The molecule has 26 heavy (non-hydrogen) atoms. The quantitative estimate of drug-likeness (QED) is 0.653. The third-order valence-corrected chi connectivity index (χ3v) is 4.99. The minimum Gasteiger partial charge on any atom is -0.351 e. The van der Waals surface area contributed by atoms with Crippen molar-refractivity contribution in [1.82, 2.24) is 14.9 Å². The molecule has 0 bridgehead atoms. The van der Waals surface area contributed by atoms with Gasteiger partial charge in [0.15, 0.2) is 0 Å². The molecule has 2 aromatic carbocycles. The first-order valence-electron chi connectivity index (χ1n) is 8.53. The Bertz CT molecular complexity index is 853. The normalized spacial score (nSPS) is 11.3. The van der Waals surface area contributed by atoms with E-state index in [1.165, 1.54) is 5.56 Å². The second kappa shape index (κ2) is 7.87. The molecule has 0 saturated heterocycles. The molecular weight excluding hydrogens is 390 g/mol. The Morgan fingerprint density at radius 2 is 1.81 bits per heavy atom. The van der Waals surface area contributed by atoms with E-state index in [0.717, 1.165) is 16.6 Å². The van der Waals surface area contributed by atoms with E-state index < -0.39 is 0 Å². The largest absolute Gasteiger partial charge is 0.351 e. The molecule has 4 nitrogen and oxygen atoms in total. The third-order valence-electron chi connectivity index (χ3n) is 4.46. The first-order chi connectivity index (χ1) is 12.4. The number of benzene rings is 2. The van der Waals surface area contributed by atoms with Crippen molar-refractivity contribution in [3.05, 3.63) is 88.4 Å². The fourth-order valence-electron chi connectivity index (χ4n) is 2.76. The topological polar surface area (TPSA) is 46.9 Å². The Kier molecular flexibility index (Phi) is 5.57. The van der Waals surface area contributed by atoms with Gasteiger partial charge in [-0.15, -0.1) is 0 Å². The highest BCUT2D eigenvalue weighted by molar-refractivity contribution is 9.10. The van der Waals surface area contributed by atoms with E-state index >= 15 is 0 Å². The number of halogens is 1. The van der Waals surface area contributed by atoms with Crippen molar-refractivity contribution in [1.29, 1.82) is 0 Å². The molecule has 5 heteroatoms. The number of carbonyl (C=O) groups excluding carboxylic acids is 1. The summed E-state index contributed by atoms with van der Waals surface area (Å²) >= 11 is 3.45. The molecule has 0 unspecified atom stereocenters. The summed E-state index contributed by atoms with van der Waals surface area (Å²) in [5.74, 6) is -0.0515. The molecule has 1 N–H and O–H groups in total. The number of hydrogen-bond acceptors (Lipinski definition) is 2. The SMILES string of the molecule is CC(C)(CNC(=O)c1ccc(Cn2ccnc2)cc1)c1ccc(Br)cc1. The van der Waals surface area contributed by atoms with E-state index in [1.807, 2.05) is 47.2 Å². The van der Waals surface area contributed by atoms with Crippen LogP contribution in [0.5, 0.6) is 0 Å². The summed E-state index contributed by atoms with van der Waals surface area (Å²) in [6, 6.07) is 15.9. The zero-order chi connectivity index (χ0) is 18.6. The van der Waals surface area contributed by atoms with Gasteiger partial charge in [-0.1, -0.05) is 54.0 Å². The predicted octanol–water partition coefficient (Wildman–Crippen LogP) is 4.40. The number of amides is 1. The van der Waals surface area contributed by atoms with Gasteiger partial charge >= 0.3 is 0 Å². The smallest absolute Gasteiger partial charge is 0.251 e. The van der Waals surface area contributed by atoms with E-state index in [0.29, 0.717) is 12.1 Å². The van der Waals surface area contributed by atoms with Crippen molar-refractivity contribution in [3.8, 4) is 0 Å².